The molecular weight excluding hydrogens is 344 g/mol. The first-order valence-electron chi connectivity index (χ1n) is 8.97. The average molecular weight is 370 g/mol. The van der Waals surface area contributed by atoms with E-state index in [1.165, 1.54) is 0 Å². The lowest BCUT2D eigenvalue weighted by Crippen LogP contribution is -2.36. The van der Waals surface area contributed by atoms with Gasteiger partial charge in [-0.3, -0.25) is 9.69 Å². The van der Waals surface area contributed by atoms with Crippen molar-refractivity contribution in [2.75, 3.05) is 34.4 Å². The molecular formula is C21H26N2O4. The third-order valence-corrected chi connectivity index (χ3v) is 4.52. The fraction of sp³-hybridized carbons (Fsp3) is 0.381. The molecule has 0 saturated carbocycles. The van der Waals surface area contributed by atoms with Crippen LogP contribution in [0.3, 0.4) is 0 Å². The van der Waals surface area contributed by atoms with Crippen LogP contribution in [0.1, 0.15) is 22.7 Å². The first kappa shape index (κ1) is 19.0. The first-order chi connectivity index (χ1) is 13.0. The van der Waals surface area contributed by atoms with Crippen LogP contribution in [0.5, 0.6) is 17.2 Å². The molecule has 1 aliphatic rings. The van der Waals surface area contributed by atoms with Gasteiger partial charge in [0.15, 0.2) is 11.5 Å². The van der Waals surface area contributed by atoms with Gasteiger partial charge in [0.25, 0.3) is 0 Å². The third-order valence-electron chi connectivity index (χ3n) is 4.52. The van der Waals surface area contributed by atoms with E-state index in [4.69, 9.17) is 14.2 Å². The smallest absolute Gasteiger partial charge is 0.242 e. The number of aryl methyl sites for hydroxylation is 1. The Morgan fingerprint density at radius 2 is 1.89 bits per heavy atom. The van der Waals surface area contributed by atoms with Crippen LogP contribution in [0.15, 0.2) is 36.4 Å². The highest BCUT2D eigenvalue weighted by molar-refractivity contribution is 5.83. The first-order valence-corrected chi connectivity index (χ1v) is 8.97. The van der Waals surface area contributed by atoms with Gasteiger partial charge in [-0.15, -0.1) is 0 Å². The van der Waals surface area contributed by atoms with Crippen LogP contribution in [0.25, 0.3) is 0 Å². The predicted octanol–water partition coefficient (Wildman–Crippen LogP) is 2.69. The minimum Gasteiger partial charge on any atom is -0.496 e. The second kappa shape index (κ2) is 8.31. The Bertz CT molecular complexity index is 820. The molecule has 2 aromatic rings. The quantitative estimate of drug-likeness (QED) is 0.847. The Balaban J connectivity index is 1.77. The maximum Gasteiger partial charge on any atom is 0.242 e. The van der Waals surface area contributed by atoms with Gasteiger partial charge in [-0.25, -0.2) is 0 Å². The third kappa shape index (κ3) is 4.34. The van der Waals surface area contributed by atoms with E-state index in [0.717, 1.165) is 16.7 Å². The number of methoxy groups -OCH3 is 1. The summed E-state index contributed by atoms with van der Waals surface area (Å²) in [6.07, 6.45) is 0. The molecule has 6 heteroatoms. The highest BCUT2D eigenvalue weighted by atomic mass is 16.6. The second-order valence-corrected chi connectivity index (χ2v) is 6.81. The molecule has 0 aliphatic carbocycles. The summed E-state index contributed by atoms with van der Waals surface area (Å²) in [4.78, 5) is 14.8. The molecule has 0 saturated heterocycles. The van der Waals surface area contributed by atoms with Crippen molar-refractivity contribution in [1.82, 2.24) is 10.2 Å². The Morgan fingerprint density at radius 1 is 1.19 bits per heavy atom. The molecule has 0 spiro atoms. The van der Waals surface area contributed by atoms with Crippen molar-refractivity contribution >= 4 is 5.91 Å². The number of ether oxygens (including phenoxy) is 3. The number of carbonyl (C=O) groups excluding carboxylic acids is 1. The van der Waals surface area contributed by atoms with Crippen LogP contribution >= 0.6 is 0 Å². The predicted molar refractivity (Wildman–Crippen MR) is 103 cm³/mol. The van der Waals surface area contributed by atoms with Crippen LogP contribution < -0.4 is 19.5 Å². The summed E-state index contributed by atoms with van der Waals surface area (Å²) in [5.41, 5.74) is 2.93. The van der Waals surface area contributed by atoms with Crippen LogP contribution in [-0.4, -0.2) is 45.2 Å². The molecule has 1 N–H and O–H groups in total. The summed E-state index contributed by atoms with van der Waals surface area (Å²) < 4.78 is 16.7. The van der Waals surface area contributed by atoms with E-state index in [9.17, 15) is 4.79 Å². The SMILES string of the molecule is COc1cc2c(cc1CNC(=O)[C@@H](c1cccc(C)c1)N(C)C)OCCO2. The van der Waals surface area contributed by atoms with Gasteiger partial charge in [0, 0.05) is 18.2 Å². The minimum atomic E-state index is -0.367. The topological polar surface area (TPSA) is 60.0 Å². The molecule has 3 rings (SSSR count). The summed E-state index contributed by atoms with van der Waals surface area (Å²) in [5, 5.41) is 3.02. The summed E-state index contributed by atoms with van der Waals surface area (Å²) >= 11 is 0. The van der Waals surface area contributed by atoms with Gasteiger partial charge in [-0.05, 0) is 32.6 Å². The standard InChI is InChI=1S/C21H26N2O4/c1-14-6-5-7-15(10-14)20(23(2)3)21(24)22-13-16-11-18-19(12-17(16)25-4)27-9-8-26-18/h5-7,10-12,20H,8-9,13H2,1-4H3,(H,22,24)/t20-/m1/s1. The number of nitrogens with zero attached hydrogens (tertiary/aromatic N) is 1. The highest BCUT2D eigenvalue weighted by Gasteiger charge is 2.24. The fourth-order valence-corrected chi connectivity index (χ4v) is 3.24. The van der Waals surface area contributed by atoms with Crippen molar-refractivity contribution in [1.29, 1.82) is 0 Å². The monoisotopic (exact) mass is 370 g/mol. The molecule has 1 atom stereocenters. The van der Waals surface area contributed by atoms with Gasteiger partial charge in [-0.2, -0.15) is 0 Å². The molecule has 0 fully saturated rings. The van der Waals surface area contributed by atoms with Crippen LogP contribution in [0.4, 0.5) is 0 Å². The normalized spacial score (nSPS) is 14.0. The zero-order chi connectivity index (χ0) is 19.4. The van der Waals surface area contributed by atoms with Crippen LogP contribution in [0.2, 0.25) is 0 Å². The Morgan fingerprint density at radius 3 is 2.52 bits per heavy atom. The number of benzene rings is 2. The Hall–Kier alpha value is -2.73. The molecule has 1 amide bonds. The van der Waals surface area contributed by atoms with E-state index in [0.29, 0.717) is 37.0 Å². The molecule has 27 heavy (non-hydrogen) atoms. The molecule has 0 unspecified atom stereocenters. The summed E-state index contributed by atoms with van der Waals surface area (Å²) in [5.74, 6) is 1.94. The Labute approximate surface area is 160 Å². The zero-order valence-corrected chi connectivity index (χ0v) is 16.2. The van der Waals surface area contributed by atoms with Gasteiger partial charge < -0.3 is 19.5 Å². The molecule has 0 bridgehead atoms. The summed E-state index contributed by atoms with van der Waals surface area (Å²) in [6.45, 7) is 3.40. The van der Waals surface area contributed by atoms with E-state index < -0.39 is 0 Å². The largest absolute Gasteiger partial charge is 0.496 e. The highest BCUT2D eigenvalue weighted by Crippen LogP contribution is 2.36. The molecule has 6 nitrogen and oxygen atoms in total. The van der Waals surface area contributed by atoms with Crippen LogP contribution in [0, 0.1) is 6.92 Å². The van der Waals surface area contributed by atoms with E-state index in [1.807, 2.05) is 56.3 Å². The number of hydrogen-bond donors (Lipinski definition) is 1. The molecule has 2 aromatic carbocycles. The number of nitrogens with one attached hydrogen (secondary N) is 1. The minimum absolute atomic E-state index is 0.0671. The average Bonchev–Trinajstić information content (AvgIpc) is 2.65. The van der Waals surface area contributed by atoms with Crippen LogP contribution in [-0.2, 0) is 11.3 Å². The molecule has 0 radical (unpaired) electrons. The molecule has 1 heterocycles. The van der Waals surface area contributed by atoms with Gasteiger partial charge >= 0.3 is 0 Å². The number of rotatable bonds is 6. The van der Waals surface area contributed by atoms with E-state index in [-0.39, 0.29) is 11.9 Å². The van der Waals surface area contributed by atoms with Crippen molar-refractivity contribution in [3.05, 3.63) is 53.1 Å². The Kier molecular flexibility index (Phi) is 5.86. The lowest BCUT2D eigenvalue weighted by Gasteiger charge is -2.25. The number of amides is 1. The fourth-order valence-electron chi connectivity index (χ4n) is 3.24. The van der Waals surface area contributed by atoms with Crippen molar-refractivity contribution < 1.29 is 19.0 Å². The zero-order valence-electron chi connectivity index (χ0n) is 16.2. The van der Waals surface area contributed by atoms with Crippen molar-refractivity contribution in [3.8, 4) is 17.2 Å². The maximum atomic E-state index is 12.9. The summed E-state index contributed by atoms with van der Waals surface area (Å²) in [7, 11) is 5.40. The van der Waals surface area contributed by atoms with Gasteiger partial charge in [0.05, 0.1) is 7.11 Å². The van der Waals surface area contributed by atoms with Gasteiger partial charge in [-0.1, -0.05) is 29.8 Å². The van der Waals surface area contributed by atoms with Gasteiger partial charge in [0.2, 0.25) is 5.91 Å². The molecule has 1 aliphatic heterocycles. The van der Waals surface area contributed by atoms with E-state index in [2.05, 4.69) is 5.32 Å². The number of likely N-dealkylation sites (N-methyl/N-ethyl adjacent to an activating group) is 1. The number of hydrogen-bond acceptors (Lipinski definition) is 5. The molecule has 144 valence electrons. The van der Waals surface area contributed by atoms with E-state index in [1.54, 1.807) is 13.2 Å². The molecule has 0 aromatic heterocycles. The summed E-state index contributed by atoms with van der Waals surface area (Å²) in [6, 6.07) is 11.3. The van der Waals surface area contributed by atoms with Crippen molar-refractivity contribution in [2.45, 2.75) is 19.5 Å². The van der Waals surface area contributed by atoms with Crippen molar-refractivity contribution in [2.24, 2.45) is 0 Å². The van der Waals surface area contributed by atoms with Gasteiger partial charge in [0.1, 0.15) is 25.0 Å². The van der Waals surface area contributed by atoms with Crippen molar-refractivity contribution in [3.63, 3.8) is 0 Å². The lowest BCUT2D eigenvalue weighted by molar-refractivity contribution is -0.125. The second-order valence-electron chi connectivity index (χ2n) is 6.81. The maximum absolute atomic E-state index is 12.9. The number of fused-ring (bicyclic) bond motifs is 1. The van der Waals surface area contributed by atoms with E-state index >= 15 is 0 Å². The number of carbonyl (C=O) groups is 1. The lowest BCUT2D eigenvalue weighted by atomic mass is 10.0.